The normalized spacial score (nSPS) is 26.4. The van der Waals surface area contributed by atoms with Crippen LogP contribution in [-0.2, 0) is 4.74 Å². The molecule has 104 valence electrons. The van der Waals surface area contributed by atoms with Gasteiger partial charge in [0, 0.05) is 25.8 Å². The molecule has 2 aliphatic carbocycles. The molecular weight excluding hydrogens is 240 g/mol. The maximum absolute atomic E-state index is 5.39. The molecule has 1 aromatic heterocycles. The molecule has 1 heterocycles. The van der Waals surface area contributed by atoms with Crippen LogP contribution < -0.4 is 10.6 Å². The maximum atomic E-state index is 5.39. The lowest BCUT2D eigenvalue weighted by Crippen LogP contribution is -2.18. The molecular formula is C14H22N4O. The number of hydrogen-bond acceptors (Lipinski definition) is 5. The minimum atomic E-state index is 0.395. The molecule has 0 spiro atoms. The van der Waals surface area contributed by atoms with Gasteiger partial charge in [-0.05, 0) is 38.0 Å². The van der Waals surface area contributed by atoms with Crippen molar-refractivity contribution in [2.45, 2.75) is 44.2 Å². The van der Waals surface area contributed by atoms with Gasteiger partial charge in [-0.1, -0.05) is 0 Å². The van der Waals surface area contributed by atoms with Gasteiger partial charge in [0.05, 0.1) is 6.10 Å². The molecule has 2 N–H and O–H groups in total. The average Bonchev–Trinajstić information content (AvgIpc) is 3.16. The van der Waals surface area contributed by atoms with Crippen LogP contribution in [0.5, 0.6) is 0 Å². The van der Waals surface area contributed by atoms with Crippen molar-refractivity contribution in [3.05, 3.63) is 12.4 Å². The number of aromatic nitrogens is 2. The summed E-state index contributed by atoms with van der Waals surface area (Å²) in [6, 6.07) is 2.47. The molecule has 2 saturated carbocycles. The van der Waals surface area contributed by atoms with E-state index >= 15 is 0 Å². The number of nitrogens with zero attached hydrogens (tertiary/aromatic N) is 2. The zero-order valence-electron chi connectivity index (χ0n) is 11.4. The summed E-state index contributed by atoms with van der Waals surface area (Å²) in [5, 5.41) is 6.85. The van der Waals surface area contributed by atoms with Gasteiger partial charge in [0.15, 0.2) is 0 Å². The van der Waals surface area contributed by atoms with Gasteiger partial charge in [0.2, 0.25) is 0 Å². The molecule has 19 heavy (non-hydrogen) atoms. The second-order valence-electron chi connectivity index (χ2n) is 5.62. The Labute approximate surface area is 114 Å². The Bertz CT molecular complexity index is 422. The fourth-order valence-corrected chi connectivity index (χ4v) is 2.60. The predicted molar refractivity (Wildman–Crippen MR) is 75.3 cm³/mol. The molecule has 3 rings (SSSR count). The standard InChI is InChI=1S/C14H22N4O/c1-19-12-5-4-11(6-12)18-14-7-13(16-9-17-14)15-8-10-2-3-10/h7,9-12H,2-6,8H2,1H3,(H2,15,16,17,18). The molecule has 5 heteroatoms. The fourth-order valence-electron chi connectivity index (χ4n) is 2.60. The number of methoxy groups -OCH3 is 1. The van der Waals surface area contributed by atoms with Gasteiger partial charge in [-0.3, -0.25) is 0 Å². The van der Waals surface area contributed by atoms with E-state index in [1.807, 2.05) is 6.07 Å². The fraction of sp³-hybridized carbons (Fsp3) is 0.714. The topological polar surface area (TPSA) is 59.1 Å². The van der Waals surface area contributed by atoms with E-state index < -0.39 is 0 Å². The summed E-state index contributed by atoms with van der Waals surface area (Å²) in [6.07, 6.45) is 8.06. The molecule has 0 radical (unpaired) electrons. The SMILES string of the molecule is COC1CCC(Nc2cc(NCC3CC3)ncn2)C1. The third-order valence-electron chi connectivity index (χ3n) is 4.01. The predicted octanol–water partition coefficient (Wildman–Crippen LogP) is 2.28. The zero-order valence-corrected chi connectivity index (χ0v) is 11.4. The van der Waals surface area contributed by atoms with Crippen LogP contribution in [0, 0.1) is 5.92 Å². The molecule has 5 nitrogen and oxygen atoms in total. The zero-order chi connectivity index (χ0) is 13.1. The number of hydrogen-bond donors (Lipinski definition) is 2. The minimum absolute atomic E-state index is 0.395. The van der Waals surface area contributed by atoms with E-state index in [1.54, 1.807) is 13.4 Å². The third kappa shape index (κ3) is 3.56. The summed E-state index contributed by atoms with van der Waals surface area (Å²) >= 11 is 0. The van der Waals surface area contributed by atoms with Crippen molar-refractivity contribution < 1.29 is 4.74 Å². The van der Waals surface area contributed by atoms with Gasteiger partial charge < -0.3 is 15.4 Å². The Morgan fingerprint density at radius 3 is 2.79 bits per heavy atom. The Morgan fingerprint density at radius 2 is 2.05 bits per heavy atom. The van der Waals surface area contributed by atoms with Crippen LogP contribution in [0.15, 0.2) is 12.4 Å². The highest BCUT2D eigenvalue weighted by atomic mass is 16.5. The first-order valence-electron chi connectivity index (χ1n) is 7.18. The van der Waals surface area contributed by atoms with Crippen molar-refractivity contribution in [2.75, 3.05) is 24.3 Å². The van der Waals surface area contributed by atoms with E-state index in [1.165, 1.54) is 12.8 Å². The van der Waals surface area contributed by atoms with Crippen LogP contribution in [0.3, 0.4) is 0 Å². The largest absolute Gasteiger partial charge is 0.381 e. The van der Waals surface area contributed by atoms with Crippen LogP contribution in [0.1, 0.15) is 32.1 Å². The van der Waals surface area contributed by atoms with Gasteiger partial charge in [-0.2, -0.15) is 0 Å². The van der Waals surface area contributed by atoms with Gasteiger partial charge in [0.25, 0.3) is 0 Å². The van der Waals surface area contributed by atoms with Crippen molar-refractivity contribution in [1.82, 2.24) is 9.97 Å². The summed E-state index contributed by atoms with van der Waals surface area (Å²) in [6.45, 7) is 1.03. The lowest BCUT2D eigenvalue weighted by atomic mass is 10.2. The van der Waals surface area contributed by atoms with Crippen LogP contribution in [-0.4, -0.2) is 35.8 Å². The summed E-state index contributed by atoms with van der Waals surface area (Å²) in [7, 11) is 1.79. The summed E-state index contributed by atoms with van der Waals surface area (Å²) in [5.74, 6) is 2.68. The molecule has 0 aromatic carbocycles. The molecule has 0 amide bonds. The van der Waals surface area contributed by atoms with Crippen molar-refractivity contribution >= 4 is 11.6 Å². The van der Waals surface area contributed by atoms with E-state index in [-0.39, 0.29) is 0 Å². The second-order valence-corrected chi connectivity index (χ2v) is 5.62. The maximum Gasteiger partial charge on any atom is 0.131 e. The highest BCUT2D eigenvalue weighted by molar-refractivity contribution is 5.47. The lowest BCUT2D eigenvalue weighted by molar-refractivity contribution is 0.108. The molecule has 2 atom stereocenters. The quantitative estimate of drug-likeness (QED) is 0.823. The van der Waals surface area contributed by atoms with Crippen LogP contribution in [0.2, 0.25) is 0 Å². The van der Waals surface area contributed by atoms with Crippen LogP contribution in [0.4, 0.5) is 11.6 Å². The van der Waals surface area contributed by atoms with Gasteiger partial charge in [0.1, 0.15) is 18.0 Å². The second kappa shape index (κ2) is 5.74. The van der Waals surface area contributed by atoms with Gasteiger partial charge >= 0.3 is 0 Å². The first kappa shape index (κ1) is 12.7. The first-order valence-corrected chi connectivity index (χ1v) is 7.18. The van der Waals surface area contributed by atoms with E-state index in [4.69, 9.17) is 4.74 Å². The van der Waals surface area contributed by atoms with Crippen molar-refractivity contribution in [2.24, 2.45) is 5.92 Å². The van der Waals surface area contributed by atoms with Crippen molar-refractivity contribution in [1.29, 1.82) is 0 Å². The molecule has 1 aromatic rings. The number of ether oxygens (including phenoxy) is 1. The minimum Gasteiger partial charge on any atom is -0.381 e. The van der Waals surface area contributed by atoms with Crippen molar-refractivity contribution in [3.8, 4) is 0 Å². The summed E-state index contributed by atoms with van der Waals surface area (Å²) in [5.41, 5.74) is 0. The third-order valence-corrected chi connectivity index (χ3v) is 4.01. The molecule has 2 fully saturated rings. The van der Waals surface area contributed by atoms with Crippen LogP contribution in [0.25, 0.3) is 0 Å². The summed E-state index contributed by atoms with van der Waals surface area (Å²) < 4.78 is 5.39. The van der Waals surface area contributed by atoms with Gasteiger partial charge in [-0.25, -0.2) is 9.97 Å². The van der Waals surface area contributed by atoms with Gasteiger partial charge in [-0.15, -0.1) is 0 Å². The van der Waals surface area contributed by atoms with E-state index in [2.05, 4.69) is 20.6 Å². The Morgan fingerprint density at radius 1 is 1.21 bits per heavy atom. The first-order chi connectivity index (χ1) is 9.33. The molecule has 2 unspecified atom stereocenters. The average molecular weight is 262 g/mol. The highest BCUT2D eigenvalue weighted by Gasteiger charge is 2.24. The Kier molecular flexibility index (Phi) is 3.82. The van der Waals surface area contributed by atoms with E-state index in [9.17, 15) is 0 Å². The monoisotopic (exact) mass is 262 g/mol. The van der Waals surface area contributed by atoms with E-state index in [0.717, 1.165) is 43.4 Å². The molecule has 0 aliphatic heterocycles. The highest BCUT2D eigenvalue weighted by Crippen LogP contribution is 2.29. The number of rotatable bonds is 6. The van der Waals surface area contributed by atoms with Crippen LogP contribution >= 0.6 is 0 Å². The van der Waals surface area contributed by atoms with Crippen molar-refractivity contribution in [3.63, 3.8) is 0 Å². The molecule has 0 bridgehead atoms. The molecule has 2 aliphatic rings. The Hall–Kier alpha value is -1.36. The number of anilines is 2. The number of nitrogens with one attached hydrogen (secondary N) is 2. The Balaban J connectivity index is 1.53. The lowest BCUT2D eigenvalue weighted by Gasteiger charge is -2.14. The summed E-state index contributed by atoms with van der Waals surface area (Å²) in [4.78, 5) is 8.55. The molecule has 0 saturated heterocycles. The smallest absolute Gasteiger partial charge is 0.131 e. The van der Waals surface area contributed by atoms with E-state index in [0.29, 0.717) is 12.1 Å².